The van der Waals surface area contributed by atoms with Gasteiger partial charge in [0.1, 0.15) is 6.07 Å². The third-order valence-electron chi connectivity index (χ3n) is 4.16. The lowest BCUT2D eigenvalue weighted by molar-refractivity contribution is 0.816. The minimum Gasteiger partial charge on any atom is -0.382 e. The number of H-pyrrole nitrogens is 1. The van der Waals surface area contributed by atoms with Crippen molar-refractivity contribution in [3.05, 3.63) is 71.4 Å². The first-order valence-corrected chi connectivity index (χ1v) is 7.42. The molecule has 1 aromatic heterocycles. The van der Waals surface area contributed by atoms with Crippen molar-refractivity contribution < 1.29 is 0 Å². The van der Waals surface area contributed by atoms with Crippen LogP contribution in [0.2, 0.25) is 0 Å². The zero-order chi connectivity index (χ0) is 14.9. The second-order valence-electron chi connectivity index (χ2n) is 5.43. The molecule has 0 saturated carbocycles. The monoisotopic (exact) mass is 285 g/mol. The summed E-state index contributed by atoms with van der Waals surface area (Å²) >= 11 is 0. The zero-order valence-corrected chi connectivity index (χ0v) is 12.1. The number of nitrogens with one attached hydrogen (secondary N) is 2. The van der Waals surface area contributed by atoms with Gasteiger partial charge in [0.05, 0.1) is 17.0 Å². The second kappa shape index (κ2) is 5.09. The second-order valence-corrected chi connectivity index (χ2v) is 5.43. The highest BCUT2D eigenvalue weighted by molar-refractivity contribution is 6.00. The lowest BCUT2D eigenvalue weighted by Gasteiger charge is -2.19. The van der Waals surface area contributed by atoms with Gasteiger partial charge in [-0.2, -0.15) is 5.26 Å². The highest BCUT2D eigenvalue weighted by Crippen LogP contribution is 2.33. The number of nitriles is 1. The zero-order valence-electron chi connectivity index (χ0n) is 12.1. The number of fused-ring (bicyclic) bond motifs is 3. The first-order valence-electron chi connectivity index (χ1n) is 7.42. The molecule has 0 unspecified atom stereocenters. The quantitative estimate of drug-likeness (QED) is 0.670. The average Bonchev–Trinajstić information content (AvgIpc) is 2.96. The maximum atomic E-state index is 9.67. The summed E-state index contributed by atoms with van der Waals surface area (Å²) in [5.41, 5.74) is 6.01. The molecule has 1 aliphatic heterocycles. The fourth-order valence-electron chi connectivity index (χ4n) is 3.16. The number of benzene rings is 2. The lowest BCUT2D eigenvalue weighted by atomic mass is 9.97. The maximum Gasteiger partial charge on any atom is 0.102 e. The van der Waals surface area contributed by atoms with E-state index in [-0.39, 0.29) is 0 Å². The summed E-state index contributed by atoms with van der Waals surface area (Å²) in [6, 6.07) is 20.5. The van der Waals surface area contributed by atoms with Gasteiger partial charge in [-0.15, -0.1) is 0 Å². The van der Waals surface area contributed by atoms with Gasteiger partial charge >= 0.3 is 0 Å². The molecule has 3 aromatic rings. The van der Waals surface area contributed by atoms with E-state index in [1.54, 1.807) is 0 Å². The van der Waals surface area contributed by atoms with E-state index in [0.29, 0.717) is 5.57 Å². The van der Waals surface area contributed by atoms with Crippen LogP contribution in [0.3, 0.4) is 0 Å². The molecule has 4 rings (SSSR count). The van der Waals surface area contributed by atoms with Crippen molar-refractivity contribution >= 4 is 22.2 Å². The van der Waals surface area contributed by atoms with Crippen molar-refractivity contribution in [3.63, 3.8) is 0 Å². The Balaban J connectivity index is 1.99. The van der Waals surface area contributed by atoms with Crippen LogP contribution in [0.15, 0.2) is 54.6 Å². The Morgan fingerprint density at radius 3 is 2.59 bits per heavy atom. The van der Waals surface area contributed by atoms with E-state index in [1.807, 2.05) is 36.4 Å². The topological polar surface area (TPSA) is 51.6 Å². The summed E-state index contributed by atoms with van der Waals surface area (Å²) in [7, 11) is 0. The number of allylic oxidation sites excluding steroid dienone is 1. The van der Waals surface area contributed by atoms with Crippen molar-refractivity contribution in [2.75, 3.05) is 6.54 Å². The maximum absolute atomic E-state index is 9.67. The number of aromatic nitrogens is 1. The van der Waals surface area contributed by atoms with Gasteiger partial charge in [-0.1, -0.05) is 48.5 Å². The third-order valence-corrected chi connectivity index (χ3v) is 4.16. The summed E-state index contributed by atoms with van der Waals surface area (Å²) in [6.45, 7) is 0.849. The molecule has 0 amide bonds. The number of aromatic amines is 1. The van der Waals surface area contributed by atoms with E-state index in [0.717, 1.165) is 35.4 Å². The van der Waals surface area contributed by atoms with Crippen LogP contribution in [-0.4, -0.2) is 11.5 Å². The number of hydrogen-bond acceptors (Lipinski definition) is 2. The van der Waals surface area contributed by atoms with Crippen LogP contribution in [-0.2, 0) is 6.42 Å². The van der Waals surface area contributed by atoms with Gasteiger partial charge in [0.2, 0.25) is 0 Å². The molecule has 106 valence electrons. The molecule has 0 bridgehead atoms. The molecule has 0 radical (unpaired) electrons. The predicted octanol–water partition coefficient (Wildman–Crippen LogP) is 3.71. The summed E-state index contributed by atoms with van der Waals surface area (Å²) < 4.78 is 0. The molecule has 1 aliphatic rings. The summed E-state index contributed by atoms with van der Waals surface area (Å²) in [5.74, 6) is 0. The van der Waals surface area contributed by atoms with Crippen molar-refractivity contribution in [2.45, 2.75) is 6.42 Å². The molecule has 2 aromatic carbocycles. The van der Waals surface area contributed by atoms with E-state index < -0.39 is 0 Å². The Kier molecular flexibility index (Phi) is 2.94. The molecule has 0 atom stereocenters. The third kappa shape index (κ3) is 1.89. The molecule has 22 heavy (non-hydrogen) atoms. The summed E-state index contributed by atoms with van der Waals surface area (Å²) in [6.07, 6.45) is 0.969. The summed E-state index contributed by atoms with van der Waals surface area (Å²) in [5, 5.41) is 14.3. The molecule has 3 nitrogen and oxygen atoms in total. The molecule has 0 aliphatic carbocycles. The predicted molar refractivity (Wildman–Crippen MR) is 88.9 cm³/mol. The normalized spacial score (nSPS) is 15.8. The van der Waals surface area contributed by atoms with E-state index in [2.05, 4.69) is 34.6 Å². The van der Waals surface area contributed by atoms with E-state index in [4.69, 9.17) is 0 Å². The first-order chi connectivity index (χ1) is 10.9. The fraction of sp³-hybridized carbons (Fsp3) is 0.105. The molecule has 2 heterocycles. The van der Waals surface area contributed by atoms with Gasteiger partial charge in [-0.25, -0.2) is 0 Å². The standard InChI is InChI=1S/C19H15N3/c20-12-16(13-6-2-1-3-7-13)18-19-15(10-11-21-18)14-8-4-5-9-17(14)22-19/h1-9,21-22H,10-11H2/b18-16+. The van der Waals surface area contributed by atoms with Gasteiger partial charge in [0.15, 0.2) is 0 Å². The number of hydrogen-bond donors (Lipinski definition) is 2. The van der Waals surface area contributed by atoms with Gasteiger partial charge in [-0.3, -0.25) is 0 Å². The highest BCUT2D eigenvalue weighted by atomic mass is 14.9. The molecule has 0 spiro atoms. The van der Waals surface area contributed by atoms with Crippen LogP contribution in [0.25, 0.3) is 22.2 Å². The van der Waals surface area contributed by atoms with Gasteiger partial charge in [-0.05, 0) is 23.6 Å². The van der Waals surface area contributed by atoms with Crippen LogP contribution < -0.4 is 5.32 Å². The Morgan fingerprint density at radius 1 is 1.00 bits per heavy atom. The van der Waals surface area contributed by atoms with Crippen LogP contribution in [0, 0.1) is 11.3 Å². The van der Waals surface area contributed by atoms with Gasteiger partial charge < -0.3 is 10.3 Å². The van der Waals surface area contributed by atoms with Crippen molar-refractivity contribution in [2.24, 2.45) is 0 Å². The number of nitrogens with zero attached hydrogens (tertiary/aromatic N) is 1. The smallest absolute Gasteiger partial charge is 0.102 e. The average molecular weight is 285 g/mol. The van der Waals surface area contributed by atoms with Gasteiger partial charge in [0.25, 0.3) is 0 Å². The highest BCUT2D eigenvalue weighted by Gasteiger charge is 2.22. The molecular formula is C19H15N3. The Hall–Kier alpha value is -2.99. The molecular weight excluding hydrogens is 270 g/mol. The first kappa shape index (κ1) is 12.7. The van der Waals surface area contributed by atoms with Crippen LogP contribution >= 0.6 is 0 Å². The van der Waals surface area contributed by atoms with E-state index >= 15 is 0 Å². The van der Waals surface area contributed by atoms with E-state index in [9.17, 15) is 5.26 Å². The largest absolute Gasteiger partial charge is 0.382 e. The van der Waals surface area contributed by atoms with Crippen LogP contribution in [0.1, 0.15) is 16.8 Å². The molecule has 0 fully saturated rings. The molecule has 3 heteroatoms. The van der Waals surface area contributed by atoms with Gasteiger partial charge in [0, 0.05) is 17.4 Å². The minimum absolute atomic E-state index is 0.688. The number of para-hydroxylation sites is 1. The van der Waals surface area contributed by atoms with Crippen molar-refractivity contribution in [1.29, 1.82) is 5.26 Å². The SMILES string of the molecule is N#C/C(=C1\NCCc2c1[nH]c1ccccc21)c1ccccc1. The molecule has 0 saturated heterocycles. The van der Waals surface area contributed by atoms with Crippen LogP contribution in [0.5, 0.6) is 0 Å². The van der Waals surface area contributed by atoms with Crippen molar-refractivity contribution in [3.8, 4) is 6.07 Å². The van der Waals surface area contributed by atoms with E-state index in [1.165, 1.54) is 10.9 Å². The number of rotatable bonds is 1. The Morgan fingerprint density at radius 2 is 1.77 bits per heavy atom. The van der Waals surface area contributed by atoms with Crippen molar-refractivity contribution in [1.82, 2.24) is 10.3 Å². The Bertz CT molecular complexity index is 911. The van der Waals surface area contributed by atoms with Crippen LogP contribution in [0.4, 0.5) is 0 Å². The minimum atomic E-state index is 0.688. The fourth-order valence-corrected chi connectivity index (χ4v) is 3.16. The Labute approximate surface area is 128 Å². The summed E-state index contributed by atoms with van der Waals surface area (Å²) in [4.78, 5) is 3.48. The lowest BCUT2D eigenvalue weighted by Crippen LogP contribution is -2.23. The molecule has 2 N–H and O–H groups in total.